The van der Waals surface area contributed by atoms with Gasteiger partial charge in [-0.25, -0.2) is 0 Å². The molecule has 3 aliphatic heterocycles. The van der Waals surface area contributed by atoms with Crippen molar-refractivity contribution in [2.24, 2.45) is 28.7 Å². The van der Waals surface area contributed by atoms with E-state index in [1.54, 1.807) is 0 Å². The van der Waals surface area contributed by atoms with E-state index in [2.05, 4.69) is 10.6 Å². The number of nitrogens with two attached hydrogens (primary N) is 5. The molecule has 19 atom stereocenters. The first kappa shape index (κ1) is 42.4. The number of carbonyl (C=O) groups excluding carboxylic acids is 1. The third-order valence-corrected chi connectivity index (χ3v) is 9.71. The molecule has 0 aromatic heterocycles. The number of carbonyl (C=O) groups is 1. The number of ether oxygens (including phenoxy) is 6. The van der Waals surface area contributed by atoms with E-state index in [1.165, 1.54) is 0 Å². The molecule has 3 saturated heterocycles. The van der Waals surface area contributed by atoms with Crippen molar-refractivity contribution in [3.63, 3.8) is 0 Å². The Morgan fingerprint density at radius 1 is 0.784 bits per heavy atom. The van der Waals surface area contributed by atoms with Crippen LogP contribution in [0.4, 0.5) is 0 Å². The summed E-state index contributed by atoms with van der Waals surface area (Å²) in [6, 6.07) is -4.07. The lowest BCUT2D eigenvalue weighted by Crippen LogP contribution is -2.67. The first-order chi connectivity index (χ1) is 24.3. The maximum Gasteiger partial charge on any atom is 0.251 e. The second-order valence-corrected chi connectivity index (χ2v) is 13.4. The number of hydrogen-bond donors (Lipinski definition) is 15. The summed E-state index contributed by atoms with van der Waals surface area (Å²) in [5.74, 6) is -1.05. The minimum absolute atomic E-state index is 0.0716. The molecule has 3 heterocycles. The predicted molar refractivity (Wildman–Crippen MR) is 172 cm³/mol. The molecule has 4 rings (SSSR count). The molecule has 0 radical (unpaired) electrons. The van der Waals surface area contributed by atoms with E-state index in [1.807, 2.05) is 0 Å². The Balaban J connectivity index is 1.55. The lowest BCUT2D eigenvalue weighted by atomic mass is 9.83. The summed E-state index contributed by atoms with van der Waals surface area (Å²) in [4.78, 5) is 12.8. The van der Waals surface area contributed by atoms with Crippen molar-refractivity contribution in [1.29, 1.82) is 0 Å². The van der Waals surface area contributed by atoms with Crippen LogP contribution in [0.3, 0.4) is 0 Å². The van der Waals surface area contributed by atoms with Crippen LogP contribution in [-0.4, -0.2) is 202 Å². The summed E-state index contributed by atoms with van der Waals surface area (Å²) in [6.07, 6.45) is -19.6. The van der Waals surface area contributed by atoms with Crippen LogP contribution in [0, 0.1) is 0 Å². The van der Waals surface area contributed by atoms with Crippen molar-refractivity contribution in [1.82, 2.24) is 10.6 Å². The van der Waals surface area contributed by atoms with Crippen LogP contribution < -0.4 is 39.3 Å². The SMILES string of the molecule is NC[C@@H](O)C(O)C(=O)N[C@@H]1C[C@H](N)[C@@H](O[C@H]2O[C@H](CNCCO)CC[C@H]2N)[C@H](O[C@@H]2O[C@H](CO)[C@@H](O[C@H]3O[C@@H](CN)[C@@H](O)[C@H](O)[C@H]3N)[C@H]2O)[C@H]1O. The second-order valence-electron chi connectivity index (χ2n) is 13.4. The zero-order chi connectivity index (χ0) is 37.6. The van der Waals surface area contributed by atoms with Crippen LogP contribution in [0.2, 0.25) is 0 Å². The molecule has 22 nitrogen and oxygen atoms in total. The van der Waals surface area contributed by atoms with Gasteiger partial charge in [-0.3, -0.25) is 4.79 Å². The molecule has 298 valence electrons. The van der Waals surface area contributed by atoms with E-state index in [-0.39, 0.29) is 25.7 Å². The zero-order valence-corrected chi connectivity index (χ0v) is 28.2. The van der Waals surface area contributed by atoms with Gasteiger partial charge in [0.25, 0.3) is 5.91 Å². The first-order valence-corrected chi connectivity index (χ1v) is 17.2. The lowest BCUT2D eigenvalue weighted by Gasteiger charge is -2.46. The molecule has 1 amide bonds. The van der Waals surface area contributed by atoms with Gasteiger partial charge < -0.3 is 109 Å². The predicted octanol–water partition coefficient (Wildman–Crippen LogP) is -9.38. The molecule has 1 aliphatic carbocycles. The summed E-state index contributed by atoms with van der Waals surface area (Å²) in [5.41, 5.74) is 29.9. The third kappa shape index (κ3) is 10.1. The summed E-state index contributed by atoms with van der Waals surface area (Å²) in [6.45, 7) is -0.652. The van der Waals surface area contributed by atoms with Gasteiger partial charge in [-0.15, -0.1) is 0 Å². The molecule has 4 aliphatic rings. The molecule has 0 aromatic carbocycles. The molecule has 51 heavy (non-hydrogen) atoms. The molecule has 0 bridgehead atoms. The van der Waals surface area contributed by atoms with E-state index in [0.29, 0.717) is 25.9 Å². The molecule has 1 saturated carbocycles. The van der Waals surface area contributed by atoms with Gasteiger partial charge in [0, 0.05) is 32.2 Å². The van der Waals surface area contributed by atoms with Gasteiger partial charge in [-0.1, -0.05) is 0 Å². The van der Waals surface area contributed by atoms with Crippen LogP contribution in [-0.2, 0) is 33.2 Å². The van der Waals surface area contributed by atoms with Gasteiger partial charge in [-0.2, -0.15) is 0 Å². The summed E-state index contributed by atoms with van der Waals surface area (Å²) < 4.78 is 35.7. The Morgan fingerprint density at radius 3 is 2.10 bits per heavy atom. The van der Waals surface area contributed by atoms with Gasteiger partial charge in [0.05, 0.1) is 37.4 Å². The smallest absolute Gasteiger partial charge is 0.251 e. The van der Waals surface area contributed by atoms with Gasteiger partial charge in [-0.05, 0) is 19.3 Å². The standard InChI is InChI=1S/C29H57N7O15/c30-6-14(39)19(41)26(45)36-13-5-12(33)23(49-27-11(32)2-1-10(46-27)8-35-3-4-37)25(18(13)40)51-29-22(44)24(16(9-38)48-29)50-28-17(34)21(43)20(42)15(7-31)47-28/h10-25,27-29,35,37-44H,1-9,30-34H2,(H,36,45)/t10-,11+,12-,13+,14+,15-,16+,17+,18-,19?,20+,21+,22+,23+,24+,25+,27+,28+,29-/m0/s1. The molecule has 0 spiro atoms. The highest BCUT2D eigenvalue weighted by molar-refractivity contribution is 5.81. The Bertz CT molecular complexity index is 1080. The lowest BCUT2D eigenvalue weighted by molar-refractivity contribution is -0.290. The number of hydrogen-bond acceptors (Lipinski definition) is 21. The fourth-order valence-electron chi connectivity index (χ4n) is 6.65. The van der Waals surface area contributed by atoms with Crippen LogP contribution in [0.1, 0.15) is 19.3 Å². The minimum Gasteiger partial charge on any atom is -0.395 e. The van der Waals surface area contributed by atoms with Crippen molar-refractivity contribution in [3.05, 3.63) is 0 Å². The highest BCUT2D eigenvalue weighted by atomic mass is 16.8. The Hall–Kier alpha value is -1.33. The topological polar surface area (TPSA) is 388 Å². The average molecular weight is 744 g/mol. The van der Waals surface area contributed by atoms with Crippen LogP contribution in [0.25, 0.3) is 0 Å². The molecule has 0 aromatic rings. The normalized spacial score (nSPS) is 44.6. The number of amides is 1. The monoisotopic (exact) mass is 743 g/mol. The average Bonchev–Trinajstić information content (AvgIpc) is 3.41. The summed E-state index contributed by atoms with van der Waals surface area (Å²) in [7, 11) is 0. The highest BCUT2D eigenvalue weighted by Crippen LogP contribution is 2.34. The Morgan fingerprint density at radius 2 is 1.45 bits per heavy atom. The molecular weight excluding hydrogens is 686 g/mol. The van der Waals surface area contributed by atoms with Gasteiger partial charge in [0.15, 0.2) is 25.0 Å². The van der Waals surface area contributed by atoms with Crippen LogP contribution >= 0.6 is 0 Å². The molecule has 4 fully saturated rings. The zero-order valence-electron chi connectivity index (χ0n) is 28.2. The quantitative estimate of drug-likeness (QED) is 0.0652. The Labute approximate surface area is 294 Å². The van der Waals surface area contributed by atoms with Gasteiger partial charge >= 0.3 is 0 Å². The van der Waals surface area contributed by atoms with E-state index < -0.39 is 129 Å². The number of rotatable bonds is 16. The van der Waals surface area contributed by atoms with Crippen molar-refractivity contribution in [2.75, 3.05) is 39.4 Å². The molecule has 20 N–H and O–H groups in total. The minimum atomic E-state index is -1.92. The number of nitrogens with one attached hydrogen (secondary N) is 2. The molecular formula is C29H57N7O15. The van der Waals surface area contributed by atoms with Gasteiger partial charge in [0.1, 0.15) is 61.0 Å². The van der Waals surface area contributed by atoms with E-state index in [0.717, 1.165) is 0 Å². The number of aliphatic hydroxyl groups is 8. The van der Waals surface area contributed by atoms with E-state index in [4.69, 9.17) is 62.2 Å². The van der Waals surface area contributed by atoms with E-state index >= 15 is 0 Å². The van der Waals surface area contributed by atoms with E-state index in [9.17, 15) is 40.5 Å². The van der Waals surface area contributed by atoms with Crippen molar-refractivity contribution in [2.45, 2.75) is 136 Å². The first-order valence-electron chi connectivity index (χ1n) is 17.2. The largest absolute Gasteiger partial charge is 0.395 e. The fourth-order valence-corrected chi connectivity index (χ4v) is 6.65. The molecule has 22 heteroatoms. The summed E-state index contributed by atoms with van der Waals surface area (Å²) >= 11 is 0. The summed E-state index contributed by atoms with van der Waals surface area (Å²) in [5, 5.41) is 88.4. The second kappa shape index (κ2) is 19.3. The van der Waals surface area contributed by atoms with Crippen molar-refractivity contribution < 1.29 is 74.1 Å². The Kier molecular flexibility index (Phi) is 16.1. The maximum atomic E-state index is 12.8. The van der Waals surface area contributed by atoms with Gasteiger partial charge in [0.2, 0.25) is 0 Å². The van der Waals surface area contributed by atoms with Crippen molar-refractivity contribution >= 4 is 5.91 Å². The highest BCUT2D eigenvalue weighted by Gasteiger charge is 2.54. The van der Waals surface area contributed by atoms with Crippen LogP contribution in [0.5, 0.6) is 0 Å². The number of aliphatic hydroxyl groups excluding tert-OH is 8. The van der Waals surface area contributed by atoms with Crippen molar-refractivity contribution in [3.8, 4) is 0 Å². The maximum absolute atomic E-state index is 12.8. The van der Waals surface area contributed by atoms with Crippen LogP contribution in [0.15, 0.2) is 0 Å². The fraction of sp³-hybridized carbons (Fsp3) is 0.966. The third-order valence-electron chi connectivity index (χ3n) is 9.71. The molecule has 1 unspecified atom stereocenters.